The van der Waals surface area contributed by atoms with Crippen LogP contribution in [0.5, 0.6) is 5.75 Å². The number of carbonyl (C=O) groups is 1. The van der Waals surface area contributed by atoms with Crippen LogP contribution >= 0.6 is 11.3 Å². The molecule has 2 aliphatic rings. The van der Waals surface area contributed by atoms with Crippen molar-refractivity contribution in [1.82, 2.24) is 29.0 Å². The van der Waals surface area contributed by atoms with Crippen LogP contribution in [0.2, 0.25) is 0 Å². The Morgan fingerprint density at radius 2 is 1.88 bits per heavy atom. The highest BCUT2D eigenvalue weighted by Crippen LogP contribution is 2.35. The molecular formula is C29H33FN6O6S. The fourth-order valence-corrected chi connectivity index (χ4v) is 7.18. The van der Waals surface area contributed by atoms with Gasteiger partial charge in [-0.3, -0.25) is 14.2 Å². The second-order valence-corrected chi connectivity index (χ2v) is 11.6. The molecule has 1 unspecified atom stereocenters. The molecule has 2 atom stereocenters. The molecule has 1 aromatic carbocycles. The van der Waals surface area contributed by atoms with Crippen molar-refractivity contribution < 1.29 is 23.4 Å². The van der Waals surface area contributed by atoms with Gasteiger partial charge in [0, 0.05) is 37.4 Å². The molecule has 0 radical (unpaired) electrons. The molecule has 2 aliphatic heterocycles. The van der Waals surface area contributed by atoms with Crippen LogP contribution in [0.1, 0.15) is 49.5 Å². The topological polar surface area (TPSA) is 123 Å². The van der Waals surface area contributed by atoms with Gasteiger partial charge in [-0.1, -0.05) is 11.3 Å². The van der Waals surface area contributed by atoms with Crippen molar-refractivity contribution in [1.29, 1.82) is 0 Å². The van der Waals surface area contributed by atoms with E-state index in [1.165, 1.54) is 58.4 Å². The van der Waals surface area contributed by atoms with Crippen molar-refractivity contribution in [2.24, 2.45) is 0 Å². The van der Waals surface area contributed by atoms with Crippen molar-refractivity contribution in [2.45, 2.75) is 57.9 Å². The van der Waals surface area contributed by atoms with Crippen molar-refractivity contribution >= 4 is 27.5 Å². The summed E-state index contributed by atoms with van der Waals surface area (Å²) in [7, 11) is 1.49. The third-order valence-electron chi connectivity index (χ3n) is 8.19. The number of halogens is 1. The number of likely N-dealkylation sites (N-methyl/N-ethyl adjacent to an activating group) is 1. The number of aryl methyl sites for hydroxylation is 1. The summed E-state index contributed by atoms with van der Waals surface area (Å²) in [4.78, 5) is 45.2. The number of fused-ring (bicyclic) bond motifs is 1. The number of ether oxygens (including phenoxy) is 3. The molecule has 0 N–H and O–H groups in total. The number of likely N-dealkylation sites (tertiary alicyclic amines) is 1. The lowest BCUT2D eigenvalue weighted by Crippen LogP contribution is -2.45. The van der Waals surface area contributed by atoms with Crippen LogP contribution < -0.4 is 16.0 Å². The predicted octanol–water partition coefficient (Wildman–Crippen LogP) is 2.99. The molecule has 5 heterocycles. The molecular weight excluding hydrogens is 579 g/mol. The van der Waals surface area contributed by atoms with Crippen LogP contribution in [-0.4, -0.2) is 74.5 Å². The van der Waals surface area contributed by atoms with Crippen molar-refractivity contribution in [3.63, 3.8) is 0 Å². The molecule has 1 amide bonds. The molecule has 4 aromatic rings. The zero-order chi connectivity index (χ0) is 30.2. The molecule has 2 fully saturated rings. The number of aromatic nitrogens is 5. The highest BCUT2D eigenvalue weighted by atomic mass is 32.1. The van der Waals surface area contributed by atoms with Gasteiger partial charge in [-0.15, -0.1) is 4.80 Å². The molecule has 43 heavy (non-hydrogen) atoms. The first-order valence-electron chi connectivity index (χ1n) is 14.3. The summed E-state index contributed by atoms with van der Waals surface area (Å²) in [5.41, 5.74) is -0.147. The summed E-state index contributed by atoms with van der Waals surface area (Å²) in [6.07, 6.45) is 3.64. The highest BCUT2D eigenvalue weighted by Gasteiger charge is 2.36. The van der Waals surface area contributed by atoms with E-state index in [1.807, 2.05) is 6.92 Å². The van der Waals surface area contributed by atoms with Crippen LogP contribution in [0.15, 0.2) is 40.2 Å². The normalized spacial score (nSPS) is 18.6. The van der Waals surface area contributed by atoms with Crippen molar-refractivity contribution in [3.8, 4) is 10.8 Å². The first-order valence-corrected chi connectivity index (χ1v) is 15.1. The Bertz CT molecular complexity index is 1760. The lowest BCUT2D eigenvalue weighted by molar-refractivity contribution is -0.130. The van der Waals surface area contributed by atoms with Gasteiger partial charge in [0.1, 0.15) is 33.5 Å². The van der Waals surface area contributed by atoms with Crippen molar-refractivity contribution in [2.75, 3.05) is 33.4 Å². The third-order valence-corrected chi connectivity index (χ3v) is 9.47. The molecule has 0 aliphatic carbocycles. The number of hydrogen-bond acceptors (Lipinski definition) is 9. The Kier molecular flexibility index (Phi) is 8.16. The van der Waals surface area contributed by atoms with E-state index in [9.17, 15) is 18.8 Å². The number of rotatable bonds is 9. The fourth-order valence-electron chi connectivity index (χ4n) is 5.96. The van der Waals surface area contributed by atoms with E-state index >= 15 is 0 Å². The third kappa shape index (κ3) is 5.27. The molecule has 14 heteroatoms. The first kappa shape index (κ1) is 29.2. The number of methoxy groups -OCH3 is 1. The lowest BCUT2D eigenvalue weighted by Gasteiger charge is -2.29. The number of carbonyl (C=O) groups excluding carboxylic acids is 1. The van der Waals surface area contributed by atoms with E-state index in [0.717, 1.165) is 4.57 Å². The van der Waals surface area contributed by atoms with Gasteiger partial charge in [-0.25, -0.2) is 13.8 Å². The quantitative estimate of drug-likeness (QED) is 0.283. The molecule has 0 saturated carbocycles. The summed E-state index contributed by atoms with van der Waals surface area (Å²) in [5.74, 6) is -0.338. The number of thiophene rings is 1. The van der Waals surface area contributed by atoms with E-state index in [-0.39, 0.29) is 18.6 Å². The maximum atomic E-state index is 14.6. The fraction of sp³-hybridized carbons (Fsp3) is 0.483. The SMILES string of the molecule is CCN1CC[C@H](n2c(=O)c3c(C)c(-n4nccn4)sc3n(CC(OC3CCOCC3)c3cc(F)ccc3OC)c2=O)C1=O. The second-order valence-electron chi connectivity index (χ2n) is 10.6. The van der Waals surface area contributed by atoms with Gasteiger partial charge in [0.25, 0.3) is 5.56 Å². The number of amides is 1. The minimum atomic E-state index is -0.931. The number of hydrogen-bond donors (Lipinski definition) is 0. The molecule has 0 bridgehead atoms. The van der Waals surface area contributed by atoms with E-state index in [4.69, 9.17) is 14.2 Å². The van der Waals surface area contributed by atoms with Crippen LogP contribution in [0.3, 0.4) is 0 Å². The summed E-state index contributed by atoms with van der Waals surface area (Å²) < 4.78 is 34.8. The maximum absolute atomic E-state index is 14.6. The average molecular weight is 613 g/mol. The van der Waals surface area contributed by atoms with E-state index < -0.39 is 29.2 Å². The van der Waals surface area contributed by atoms with Crippen LogP contribution in [0.4, 0.5) is 4.39 Å². The molecule has 228 valence electrons. The Labute approximate surface area is 250 Å². The predicted molar refractivity (Wildman–Crippen MR) is 157 cm³/mol. The molecule has 3 aromatic heterocycles. The number of benzene rings is 1. The summed E-state index contributed by atoms with van der Waals surface area (Å²) in [6, 6.07) is 3.24. The van der Waals surface area contributed by atoms with Crippen LogP contribution in [0, 0.1) is 12.7 Å². The second kappa shape index (κ2) is 12.0. The smallest absolute Gasteiger partial charge is 0.332 e. The monoisotopic (exact) mass is 612 g/mol. The summed E-state index contributed by atoms with van der Waals surface area (Å²) in [5, 5.41) is 9.35. The first-order chi connectivity index (χ1) is 20.8. The van der Waals surface area contributed by atoms with Gasteiger partial charge in [0.05, 0.1) is 37.5 Å². The zero-order valence-electron chi connectivity index (χ0n) is 24.2. The van der Waals surface area contributed by atoms with E-state index in [2.05, 4.69) is 10.2 Å². The Morgan fingerprint density at radius 1 is 1.14 bits per heavy atom. The van der Waals surface area contributed by atoms with Gasteiger partial charge >= 0.3 is 5.69 Å². The Morgan fingerprint density at radius 3 is 2.56 bits per heavy atom. The summed E-state index contributed by atoms with van der Waals surface area (Å²) >= 11 is 1.20. The van der Waals surface area contributed by atoms with Gasteiger partial charge in [0.15, 0.2) is 0 Å². The Balaban J connectivity index is 1.56. The summed E-state index contributed by atoms with van der Waals surface area (Å²) in [6.45, 7) is 5.55. The Hall–Kier alpha value is -3.88. The zero-order valence-corrected chi connectivity index (χ0v) is 25.0. The molecule has 6 rings (SSSR count). The van der Waals surface area contributed by atoms with E-state index in [0.29, 0.717) is 77.7 Å². The highest BCUT2D eigenvalue weighted by molar-refractivity contribution is 7.21. The van der Waals surface area contributed by atoms with Gasteiger partial charge < -0.3 is 19.1 Å². The minimum Gasteiger partial charge on any atom is -0.496 e. The van der Waals surface area contributed by atoms with Gasteiger partial charge in [0.2, 0.25) is 5.91 Å². The molecule has 12 nitrogen and oxygen atoms in total. The lowest BCUT2D eigenvalue weighted by atomic mass is 10.1. The van der Waals surface area contributed by atoms with Crippen molar-refractivity contribution in [3.05, 3.63) is 68.4 Å². The van der Waals surface area contributed by atoms with Gasteiger partial charge in [-0.05, 0) is 51.3 Å². The number of nitrogens with zero attached hydrogens (tertiary/aromatic N) is 6. The average Bonchev–Trinajstić information content (AvgIpc) is 3.75. The molecule has 2 saturated heterocycles. The minimum absolute atomic E-state index is 0.0584. The molecule has 0 spiro atoms. The maximum Gasteiger partial charge on any atom is 0.332 e. The van der Waals surface area contributed by atoms with Crippen LogP contribution in [0.25, 0.3) is 15.2 Å². The largest absolute Gasteiger partial charge is 0.496 e. The van der Waals surface area contributed by atoms with E-state index in [1.54, 1.807) is 11.8 Å². The van der Waals surface area contributed by atoms with Crippen LogP contribution in [-0.2, 0) is 20.8 Å². The standard InChI is InChI=1S/C29H33FN6O6S/c1-4-33-12-7-21(25(33)37)35-26(38)24-17(2)27(36-31-10-11-32-36)43-28(24)34(29(35)39)16-23(42-19-8-13-41-14-9-19)20-15-18(30)5-6-22(20)40-3/h5-6,10-11,15,19,21,23H,4,7-9,12-14,16H2,1-3H3/t21-,23?/m0/s1. The van der Waals surface area contributed by atoms with Gasteiger partial charge in [-0.2, -0.15) is 10.2 Å².